The average molecular weight is 380 g/mol. The highest BCUT2D eigenvalue weighted by Gasteiger charge is 2.46. The quantitative estimate of drug-likeness (QED) is 0.360. The minimum Gasteiger partial charge on any atom is -0.507 e. The van der Waals surface area contributed by atoms with Gasteiger partial charge in [-0.1, -0.05) is 23.8 Å². The van der Waals surface area contributed by atoms with Crippen LogP contribution in [0.25, 0.3) is 5.76 Å². The molecule has 1 aliphatic rings. The third-order valence-electron chi connectivity index (χ3n) is 4.94. The number of aromatic nitrogens is 1. The van der Waals surface area contributed by atoms with Gasteiger partial charge in [-0.05, 0) is 43.5 Å². The molecule has 1 aromatic carbocycles. The number of aryl methyl sites for hydroxylation is 2. The van der Waals surface area contributed by atoms with E-state index >= 15 is 0 Å². The second kappa shape index (κ2) is 8.35. The molecular weight excluding hydrogens is 356 g/mol. The number of pyridine rings is 1. The highest BCUT2D eigenvalue weighted by Crippen LogP contribution is 2.39. The summed E-state index contributed by atoms with van der Waals surface area (Å²) in [5.74, 6) is -1.44. The van der Waals surface area contributed by atoms with Crippen LogP contribution in [0.4, 0.5) is 0 Å². The van der Waals surface area contributed by atoms with E-state index in [9.17, 15) is 14.7 Å². The number of likely N-dealkylation sites (tertiary alicyclic amines) is 1. The zero-order valence-electron chi connectivity index (χ0n) is 16.3. The van der Waals surface area contributed by atoms with Crippen molar-refractivity contribution in [2.45, 2.75) is 26.3 Å². The van der Waals surface area contributed by atoms with Crippen molar-refractivity contribution >= 4 is 17.4 Å². The molecular formula is C22H24N2O4. The van der Waals surface area contributed by atoms with Crippen LogP contribution in [0, 0.1) is 13.8 Å². The van der Waals surface area contributed by atoms with Gasteiger partial charge in [0.2, 0.25) is 0 Å². The molecule has 0 aliphatic carbocycles. The van der Waals surface area contributed by atoms with E-state index in [1.807, 2.05) is 38.1 Å². The van der Waals surface area contributed by atoms with Crippen molar-refractivity contribution in [2.75, 3.05) is 20.3 Å². The van der Waals surface area contributed by atoms with Crippen molar-refractivity contribution in [2.24, 2.45) is 0 Å². The van der Waals surface area contributed by atoms with E-state index in [1.54, 1.807) is 25.6 Å². The van der Waals surface area contributed by atoms with Crippen molar-refractivity contribution in [3.8, 4) is 0 Å². The summed E-state index contributed by atoms with van der Waals surface area (Å²) in [5, 5.41) is 11.1. The molecule has 1 amide bonds. The van der Waals surface area contributed by atoms with Gasteiger partial charge in [-0.3, -0.25) is 14.6 Å². The largest absolute Gasteiger partial charge is 0.507 e. The number of ketones is 1. The molecule has 2 heterocycles. The number of methoxy groups -OCH3 is 1. The molecule has 1 N–H and O–H groups in total. The van der Waals surface area contributed by atoms with Gasteiger partial charge in [0, 0.05) is 38.2 Å². The second-order valence-corrected chi connectivity index (χ2v) is 6.94. The zero-order valence-corrected chi connectivity index (χ0v) is 16.3. The number of hydrogen-bond donors (Lipinski definition) is 1. The summed E-state index contributed by atoms with van der Waals surface area (Å²) in [4.78, 5) is 31.3. The van der Waals surface area contributed by atoms with Gasteiger partial charge in [-0.15, -0.1) is 0 Å². The van der Waals surface area contributed by atoms with E-state index < -0.39 is 17.7 Å². The Morgan fingerprint density at radius 3 is 2.71 bits per heavy atom. The molecule has 6 nitrogen and oxygen atoms in total. The Hall–Kier alpha value is -2.99. The van der Waals surface area contributed by atoms with Crippen LogP contribution >= 0.6 is 0 Å². The van der Waals surface area contributed by atoms with Crippen LogP contribution in [0.15, 0.2) is 48.3 Å². The van der Waals surface area contributed by atoms with E-state index in [0.29, 0.717) is 30.7 Å². The van der Waals surface area contributed by atoms with Crippen molar-refractivity contribution in [3.05, 3.63) is 70.6 Å². The fourth-order valence-corrected chi connectivity index (χ4v) is 3.51. The number of rotatable bonds is 6. The summed E-state index contributed by atoms with van der Waals surface area (Å²) in [5.41, 5.74) is 3.14. The second-order valence-electron chi connectivity index (χ2n) is 6.94. The summed E-state index contributed by atoms with van der Waals surface area (Å²) in [6, 6.07) is 8.53. The van der Waals surface area contributed by atoms with Gasteiger partial charge < -0.3 is 14.7 Å². The summed E-state index contributed by atoms with van der Waals surface area (Å²) < 4.78 is 5.08. The predicted octanol–water partition coefficient (Wildman–Crippen LogP) is 3.16. The maximum atomic E-state index is 12.9. The Labute approximate surface area is 164 Å². The third-order valence-corrected chi connectivity index (χ3v) is 4.94. The molecule has 6 heteroatoms. The fraction of sp³-hybridized carbons (Fsp3) is 0.318. The first-order chi connectivity index (χ1) is 13.5. The maximum absolute atomic E-state index is 12.9. The number of aliphatic hydroxyl groups excluding tert-OH is 1. The number of ether oxygens (including phenoxy) is 1. The lowest BCUT2D eigenvalue weighted by Gasteiger charge is -2.25. The first kappa shape index (κ1) is 19.8. The highest BCUT2D eigenvalue weighted by molar-refractivity contribution is 6.46. The lowest BCUT2D eigenvalue weighted by atomic mass is 9.94. The van der Waals surface area contributed by atoms with E-state index in [1.165, 1.54) is 4.90 Å². The van der Waals surface area contributed by atoms with Crippen LogP contribution in [0.2, 0.25) is 0 Å². The molecule has 0 saturated carbocycles. The maximum Gasteiger partial charge on any atom is 0.295 e. The predicted molar refractivity (Wildman–Crippen MR) is 106 cm³/mol. The van der Waals surface area contributed by atoms with E-state index in [2.05, 4.69) is 4.98 Å². The van der Waals surface area contributed by atoms with E-state index in [0.717, 1.165) is 11.1 Å². The van der Waals surface area contributed by atoms with Crippen molar-refractivity contribution < 1.29 is 19.4 Å². The number of amides is 1. The van der Waals surface area contributed by atoms with Crippen molar-refractivity contribution in [1.29, 1.82) is 0 Å². The Morgan fingerprint density at radius 2 is 2.04 bits per heavy atom. The number of aliphatic hydroxyl groups is 1. The summed E-state index contributed by atoms with van der Waals surface area (Å²) in [7, 11) is 1.59. The summed E-state index contributed by atoms with van der Waals surface area (Å²) in [6.45, 7) is 4.60. The molecule has 0 bridgehead atoms. The Morgan fingerprint density at radius 1 is 1.25 bits per heavy atom. The minimum atomic E-state index is -0.676. The Bertz CT molecular complexity index is 921. The fourth-order valence-electron chi connectivity index (χ4n) is 3.51. The van der Waals surface area contributed by atoms with Gasteiger partial charge in [0.15, 0.2) is 0 Å². The number of benzene rings is 1. The highest BCUT2D eigenvalue weighted by atomic mass is 16.5. The number of hydrogen-bond acceptors (Lipinski definition) is 5. The molecule has 1 saturated heterocycles. The van der Waals surface area contributed by atoms with Gasteiger partial charge in [-0.2, -0.15) is 0 Å². The molecule has 1 unspecified atom stereocenters. The SMILES string of the molecule is COCCCN1C(=O)C(=O)C(=C(O)c2cc(C)ccc2C)C1c1cccnc1. The van der Waals surface area contributed by atoms with Gasteiger partial charge in [0.1, 0.15) is 5.76 Å². The normalized spacial score (nSPS) is 18.7. The molecule has 1 aliphatic heterocycles. The molecule has 1 fully saturated rings. The van der Waals surface area contributed by atoms with Crippen LogP contribution < -0.4 is 0 Å². The smallest absolute Gasteiger partial charge is 0.295 e. The minimum absolute atomic E-state index is 0.101. The van der Waals surface area contributed by atoms with Gasteiger partial charge in [-0.25, -0.2) is 0 Å². The van der Waals surface area contributed by atoms with E-state index in [-0.39, 0.29) is 11.3 Å². The average Bonchev–Trinajstić information content (AvgIpc) is 2.95. The van der Waals surface area contributed by atoms with Crippen LogP contribution in [-0.4, -0.2) is 46.9 Å². The van der Waals surface area contributed by atoms with Gasteiger partial charge >= 0.3 is 0 Å². The number of carbonyl (C=O) groups excluding carboxylic acids is 2. The Kier molecular flexibility index (Phi) is 5.90. The standard InChI is InChI=1S/C22H24N2O4/c1-14-7-8-15(2)17(12-14)20(25)18-19(16-6-4-9-23-13-16)24(10-5-11-28-3)22(27)21(18)26/h4,6-9,12-13,19,25H,5,10-11H2,1-3H3. The van der Waals surface area contributed by atoms with Crippen LogP contribution in [0.3, 0.4) is 0 Å². The first-order valence-electron chi connectivity index (χ1n) is 9.20. The number of Topliss-reactive ketones (excluding diaryl/α,β-unsaturated/α-hetero) is 1. The molecule has 0 spiro atoms. The van der Waals surface area contributed by atoms with Crippen molar-refractivity contribution in [1.82, 2.24) is 9.88 Å². The monoisotopic (exact) mass is 380 g/mol. The van der Waals surface area contributed by atoms with Gasteiger partial charge in [0.25, 0.3) is 11.7 Å². The molecule has 146 valence electrons. The molecule has 3 rings (SSSR count). The number of carbonyl (C=O) groups is 2. The lowest BCUT2D eigenvalue weighted by molar-refractivity contribution is -0.140. The summed E-state index contributed by atoms with van der Waals surface area (Å²) in [6.07, 6.45) is 3.84. The Balaban J connectivity index is 2.15. The third kappa shape index (κ3) is 3.68. The van der Waals surface area contributed by atoms with Crippen LogP contribution in [0.5, 0.6) is 0 Å². The molecule has 28 heavy (non-hydrogen) atoms. The zero-order chi connectivity index (χ0) is 20.3. The molecule has 1 aromatic heterocycles. The lowest BCUT2D eigenvalue weighted by Crippen LogP contribution is -2.31. The van der Waals surface area contributed by atoms with Gasteiger partial charge in [0.05, 0.1) is 11.6 Å². The first-order valence-corrected chi connectivity index (χ1v) is 9.20. The summed E-state index contributed by atoms with van der Waals surface area (Å²) >= 11 is 0. The molecule has 2 aromatic rings. The van der Waals surface area contributed by atoms with Crippen LogP contribution in [-0.2, 0) is 14.3 Å². The van der Waals surface area contributed by atoms with Crippen LogP contribution in [0.1, 0.15) is 34.7 Å². The van der Waals surface area contributed by atoms with E-state index in [4.69, 9.17) is 4.74 Å². The van der Waals surface area contributed by atoms with Crippen molar-refractivity contribution in [3.63, 3.8) is 0 Å². The molecule has 1 atom stereocenters. The topological polar surface area (TPSA) is 79.7 Å². The molecule has 0 radical (unpaired) electrons. The number of nitrogens with zero attached hydrogens (tertiary/aromatic N) is 2.